The Hall–Kier alpha value is -0.340. The van der Waals surface area contributed by atoms with Gasteiger partial charge in [0.25, 0.3) is 0 Å². The maximum Gasteiger partial charge on any atom is 0.0388 e. The molecule has 1 fully saturated rings. The van der Waals surface area contributed by atoms with Crippen molar-refractivity contribution in [3.8, 4) is 0 Å². The van der Waals surface area contributed by atoms with E-state index in [0.717, 1.165) is 12.0 Å². The zero-order valence-electron chi connectivity index (χ0n) is 12.2. The molecule has 0 spiro atoms. The fraction of sp³-hybridized carbons (Fsp3) is 0.750. The third-order valence-electron chi connectivity index (χ3n) is 4.41. The van der Waals surface area contributed by atoms with Crippen LogP contribution in [0.5, 0.6) is 0 Å². The van der Waals surface area contributed by atoms with Crippen LogP contribution in [0.4, 0.5) is 0 Å². The average molecular weight is 265 g/mol. The highest BCUT2D eigenvalue weighted by Crippen LogP contribution is 2.38. The lowest BCUT2D eigenvalue weighted by molar-refractivity contribution is 0.157. The standard InChI is InChI=1S/C16H27NS/c1-12(15-6-5-11-18-15)17-14-9-7-13(8-10-14)16(2,3)4/h5-6,11-14,17H,7-10H2,1-4H3/t12-,13?,14?/m1/s1. The van der Waals surface area contributed by atoms with Gasteiger partial charge in [-0.3, -0.25) is 0 Å². The van der Waals surface area contributed by atoms with E-state index in [1.807, 2.05) is 11.3 Å². The first kappa shape index (κ1) is 14.1. The lowest BCUT2D eigenvalue weighted by Gasteiger charge is -2.38. The molecule has 0 unspecified atom stereocenters. The summed E-state index contributed by atoms with van der Waals surface area (Å²) in [7, 11) is 0. The first-order valence-electron chi connectivity index (χ1n) is 7.26. The quantitative estimate of drug-likeness (QED) is 0.810. The molecule has 0 bridgehead atoms. The molecule has 0 aromatic carbocycles. The second-order valence-electron chi connectivity index (χ2n) is 6.82. The van der Waals surface area contributed by atoms with Crippen molar-refractivity contribution in [1.29, 1.82) is 0 Å². The van der Waals surface area contributed by atoms with Gasteiger partial charge in [-0.25, -0.2) is 0 Å². The number of thiophene rings is 1. The van der Waals surface area contributed by atoms with Gasteiger partial charge in [-0.1, -0.05) is 26.8 Å². The summed E-state index contributed by atoms with van der Waals surface area (Å²) >= 11 is 1.86. The molecule has 0 saturated heterocycles. The lowest BCUT2D eigenvalue weighted by Crippen LogP contribution is -2.37. The summed E-state index contributed by atoms with van der Waals surface area (Å²) in [5, 5.41) is 5.97. The number of nitrogens with one attached hydrogen (secondary N) is 1. The second kappa shape index (κ2) is 5.75. The fourth-order valence-corrected chi connectivity index (χ4v) is 3.84. The van der Waals surface area contributed by atoms with Crippen molar-refractivity contribution in [2.75, 3.05) is 0 Å². The van der Waals surface area contributed by atoms with Gasteiger partial charge in [0.05, 0.1) is 0 Å². The van der Waals surface area contributed by atoms with E-state index in [-0.39, 0.29) is 0 Å². The smallest absolute Gasteiger partial charge is 0.0388 e. The molecule has 2 rings (SSSR count). The van der Waals surface area contributed by atoms with E-state index in [2.05, 4.69) is 50.5 Å². The summed E-state index contributed by atoms with van der Waals surface area (Å²) in [4.78, 5) is 1.47. The van der Waals surface area contributed by atoms with Crippen LogP contribution in [0.2, 0.25) is 0 Å². The molecule has 1 nitrogen and oxygen atoms in total. The van der Waals surface area contributed by atoms with Gasteiger partial charge in [-0.05, 0) is 55.4 Å². The van der Waals surface area contributed by atoms with Gasteiger partial charge in [-0.2, -0.15) is 0 Å². The molecule has 1 aliphatic rings. The molecule has 0 aliphatic heterocycles. The van der Waals surface area contributed by atoms with E-state index in [0.29, 0.717) is 11.5 Å². The minimum absolute atomic E-state index is 0.490. The van der Waals surface area contributed by atoms with E-state index in [9.17, 15) is 0 Å². The molecule has 1 aliphatic carbocycles. The van der Waals surface area contributed by atoms with Crippen LogP contribution in [0.1, 0.15) is 64.3 Å². The topological polar surface area (TPSA) is 12.0 Å². The van der Waals surface area contributed by atoms with Crippen molar-refractivity contribution in [2.45, 2.75) is 65.5 Å². The second-order valence-corrected chi connectivity index (χ2v) is 7.80. The molecular formula is C16H27NS. The highest BCUT2D eigenvalue weighted by Gasteiger charge is 2.30. The van der Waals surface area contributed by atoms with Crippen LogP contribution in [0.3, 0.4) is 0 Å². The van der Waals surface area contributed by atoms with Gasteiger partial charge in [-0.15, -0.1) is 11.3 Å². The average Bonchev–Trinajstić information content (AvgIpc) is 2.82. The number of rotatable bonds is 3. The van der Waals surface area contributed by atoms with E-state index in [1.165, 1.54) is 30.6 Å². The van der Waals surface area contributed by atoms with Crippen LogP contribution in [0.15, 0.2) is 17.5 Å². The number of hydrogen-bond acceptors (Lipinski definition) is 2. The number of hydrogen-bond donors (Lipinski definition) is 1. The SMILES string of the molecule is C[C@@H](NC1CCC(C(C)(C)C)CC1)c1cccs1. The highest BCUT2D eigenvalue weighted by atomic mass is 32.1. The van der Waals surface area contributed by atoms with Crippen LogP contribution in [-0.2, 0) is 0 Å². The minimum atomic E-state index is 0.490. The first-order chi connectivity index (χ1) is 8.47. The van der Waals surface area contributed by atoms with Crippen LogP contribution in [0, 0.1) is 11.3 Å². The van der Waals surface area contributed by atoms with Crippen molar-refractivity contribution in [3.05, 3.63) is 22.4 Å². The van der Waals surface area contributed by atoms with Gasteiger partial charge < -0.3 is 5.32 Å². The van der Waals surface area contributed by atoms with Gasteiger partial charge in [0.1, 0.15) is 0 Å². The van der Waals surface area contributed by atoms with Crippen molar-refractivity contribution < 1.29 is 0 Å². The highest BCUT2D eigenvalue weighted by molar-refractivity contribution is 7.10. The molecule has 1 saturated carbocycles. The Morgan fingerprint density at radius 3 is 2.39 bits per heavy atom. The van der Waals surface area contributed by atoms with Crippen LogP contribution in [-0.4, -0.2) is 6.04 Å². The molecule has 1 N–H and O–H groups in total. The van der Waals surface area contributed by atoms with Crippen LogP contribution in [0.25, 0.3) is 0 Å². The molecular weight excluding hydrogens is 238 g/mol. The molecule has 0 amide bonds. The van der Waals surface area contributed by atoms with Crippen LogP contribution < -0.4 is 5.32 Å². The van der Waals surface area contributed by atoms with E-state index < -0.39 is 0 Å². The summed E-state index contributed by atoms with van der Waals surface area (Å²) in [5.74, 6) is 0.910. The van der Waals surface area contributed by atoms with Gasteiger partial charge in [0.2, 0.25) is 0 Å². The van der Waals surface area contributed by atoms with Gasteiger partial charge in [0, 0.05) is 17.0 Å². The van der Waals surface area contributed by atoms with Crippen LogP contribution >= 0.6 is 11.3 Å². The minimum Gasteiger partial charge on any atom is -0.307 e. The third kappa shape index (κ3) is 3.58. The zero-order valence-corrected chi connectivity index (χ0v) is 13.0. The molecule has 1 atom stereocenters. The Kier molecular flexibility index (Phi) is 4.50. The molecule has 1 heterocycles. The Morgan fingerprint density at radius 1 is 1.22 bits per heavy atom. The predicted octanol–water partition coefficient (Wildman–Crippen LogP) is 5.00. The lowest BCUT2D eigenvalue weighted by atomic mass is 9.71. The third-order valence-corrected chi connectivity index (χ3v) is 5.46. The van der Waals surface area contributed by atoms with Crippen molar-refractivity contribution >= 4 is 11.3 Å². The predicted molar refractivity (Wildman–Crippen MR) is 81.1 cm³/mol. The largest absolute Gasteiger partial charge is 0.307 e. The molecule has 18 heavy (non-hydrogen) atoms. The zero-order chi connectivity index (χ0) is 13.2. The monoisotopic (exact) mass is 265 g/mol. The molecule has 2 heteroatoms. The van der Waals surface area contributed by atoms with Crippen molar-refractivity contribution in [2.24, 2.45) is 11.3 Å². The van der Waals surface area contributed by atoms with E-state index in [4.69, 9.17) is 0 Å². The van der Waals surface area contributed by atoms with Crippen molar-refractivity contribution in [3.63, 3.8) is 0 Å². The summed E-state index contributed by atoms with van der Waals surface area (Å²) in [6.45, 7) is 9.46. The molecule has 0 radical (unpaired) electrons. The maximum atomic E-state index is 3.80. The fourth-order valence-electron chi connectivity index (χ4n) is 3.10. The molecule has 1 aromatic heterocycles. The van der Waals surface area contributed by atoms with Gasteiger partial charge >= 0.3 is 0 Å². The Balaban J connectivity index is 1.80. The first-order valence-corrected chi connectivity index (χ1v) is 8.14. The maximum absolute atomic E-state index is 3.80. The Bertz CT molecular complexity index is 342. The molecule has 1 aromatic rings. The van der Waals surface area contributed by atoms with E-state index >= 15 is 0 Å². The van der Waals surface area contributed by atoms with Gasteiger partial charge in [0.15, 0.2) is 0 Å². The summed E-state index contributed by atoms with van der Waals surface area (Å²) < 4.78 is 0. The summed E-state index contributed by atoms with van der Waals surface area (Å²) in [6, 6.07) is 5.62. The Labute approximate surface area is 116 Å². The normalized spacial score (nSPS) is 27.1. The summed E-state index contributed by atoms with van der Waals surface area (Å²) in [5.41, 5.74) is 0.490. The van der Waals surface area contributed by atoms with Crippen molar-refractivity contribution in [1.82, 2.24) is 5.32 Å². The van der Waals surface area contributed by atoms with E-state index in [1.54, 1.807) is 0 Å². The Morgan fingerprint density at radius 2 is 1.89 bits per heavy atom. The molecule has 102 valence electrons. The summed E-state index contributed by atoms with van der Waals surface area (Å²) in [6.07, 6.45) is 5.46.